The topological polar surface area (TPSA) is 104 Å². The van der Waals surface area contributed by atoms with Crippen LogP contribution >= 0.6 is 0 Å². The van der Waals surface area contributed by atoms with Gasteiger partial charge in [-0.3, -0.25) is 9.59 Å². The molecule has 3 aliphatic rings. The number of hydrogen-bond acceptors (Lipinski definition) is 6. The third kappa shape index (κ3) is 2.88. The first-order valence-corrected chi connectivity index (χ1v) is 9.98. The summed E-state index contributed by atoms with van der Waals surface area (Å²) in [5.74, 6) is -1.70. The molecule has 0 heterocycles. The SMILES string of the molecule is C=C1[C@@H](O)CC[C@@]2(C)[C@@H](O)[C@H](OC(C)=O)C3=C(C)C(=O)C[C@@H]([C@@H](O)[C@H]12)C3(C)C. The zero-order valence-electron chi connectivity index (χ0n) is 17.4. The second-order valence-corrected chi connectivity index (χ2v) is 9.57. The molecule has 0 amide bonds. The van der Waals surface area contributed by atoms with Crippen LogP contribution in [0.3, 0.4) is 0 Å². The molecule has 0 aromatic heterocycles. The number of ketones is 1. The van der Waals surface area contributed by atoms with E-state index in [4.69, 9.17) is 4.74 Å². The average molecular weight is 392 g/mol. The highest BCUT2D eigenvalue weighted by Gasteiger charge is 2.61. The summed E-state index contributed by atoms with van der Waals surface area (Å²) in [6.07, 6.45) is -2.83. The first kappa shape index (κ1) is 21.2. The third-order valence-electron chi connectivity index (χ3n) is 7.64. The highest BCUT2D eigenvalue weighted by atomic mass is 16.6. The van der Waals surface area contributed by atoms with Gasteiger partial charge in [0.25, 0.3) is 0 Å². The molecule has 3 aliphatic carbocycles. The van der Waals surface area contributed by atoms with E-state index in [0.717, 1.165) is 0 Å². The van der Waals surface area contributed by atoms with Crippen molar-refractivity contribution in [1.82, 2.24) is 0 Å². The molecule has 28 heavy (non-hydrogen) atoms. The molecule has 0 aromatic rings. The fourth-order valence-electron chi connectivity index (χ4n) is 5.97. The van der Waals surface area contributed by atoms with Crippen molar-refractivity contribution in [3.05, 3.63) is 23.3 Å². The van der Waals surface area contributed by atoms with E-state index in [9.17, 15) is 24.9 Å². The first-order chi connectivity index (χ1) is 12.8. The van der Waals surface area contributed by atoms with Crippen molar-refractivity contribution < 1.29 is 29.6 Å². The van der Waals surface area contributed by atoms with E-state index in [1.165, 1.54) is 6.92 Å². The van der Waals surface area contributed by atoms with Crippen LogP contribution in [0.2, 0.25) is 0 Å². The minimum atomic E-state index is -1.14. The lowest BCUT2D eigenvalue weighted by Crippen LogP contribution is -2.62. The van der Waals surface area contributed by atoms with E-state index in [0.29, 0.717) is 29.6 Å². The summed E-state index contributed by atoms with van der Waals surface area (Å²) >= 11 is 0. The Bertz CT molecular complexity index is 750. The van der Waals surface area contributed by atoms with Gasteiger partial charge in [-0.2, -0.15) is 0 Å². The van der Waals surface area contributed by atoms with Gasteiger partial charge in [0.05, 0.1) is 12.2 Å². The maximum absolute atomic E-state index is 12.8. The Morgan fingerprint density at radius 2 is 1.82 bits per heavy atom. The molecule has 6 nitrogen and oxygen atoms in total. The summed E-state index contributed by atoms with van der Waals surface area (Å²) in [4.78, 5) is 24.7. The van der Waals surface area contributed by atoms with Crippen LogP contribution in [0.15, 0.2) is 23.3 Å². The number of fused-ring (bicyclic) bond motifs is 3. The van der Waals surface area contributed by atoms with Crippen LogP contribution in [0.4, 0.5) is 0 Å². The molecular weight excluding hydrogens is 360 g/mol. The largest absolute Gasteiger partial charge is 0.455 e. The smallest absolute Gasteiger partial charge is 0.303 e. The Morgan fingerprint density at radius 1 is 1.21 bits per heavy atom. The standard InChI is InChI=1S/C22H32O6/c1-10-14(24)7-8-22(6)16(10)18(26)13-9-15(25)11(2)17(21(13,4)5)19(20(22)27)28-12(3)23/h13-14,16,18-20,24,26-27H,1,7-9H2,2-6H3/t13-,14-,16-,18+,19+,20-,22+/m0/s1. The van der Waals surface area contributed by atoms with Gasteiger partial charge < -0.3 is 20.1 Å². The van der Waals surface area contributed by atoms with Crippen molar-refractivity contribution in [3.8, 4) is 0 Å². The van der Waals surface area contributed by atoms with Crippen LogP contribution in [0, 0.1) is 22.7 Å². The molecule has 0 aliphatic heterocycles. The van der Waals surface area contributed by atoms with Crippen molar-refractivity contribution in [2.24, 2.45) is 22.7 Å². The Labute approximate surface area is 166 Å². The summed E-state index contributed by atoms with van der Waals surface area (Å²) in [7, 11) is 0. The molecule has 0 radical (unpaired) electrons. The summed E-state index contributed by atoms with van der Waals surface area (Å²) in [5.41, 5.74) is 0.0289. The lowest BCUT2D eigenvalue weighted by Gasteiger charge is -2.58. The summed E-state index contributed by atoms with van der Waals surface area (Å²) in [5, 5.41) is 33.3. The minimum Gasteiger partial charge on any atom is -0.455 e. The quantitative estimate of drug-likeness (QED) is 0.465. The monoisotopic (exact) mass is 392 g/mol. The van der Waals surface area contributed by atoms with Gasteiger partial charge in [0.15, 0.2) is 11.9 Å². The number of aliphatic hydroxyl groups excluding tert-OH is 3. The van der Waals surface area contributed by atoms with E-state index >= 15 is 0 Å². The zero-order chi connectivity index (χ0) is 21.2. The van der Waals surface area contributed by atoms with Crippen LogP contribution in [-0.4, -0.2) is 51.5 Å². The van der Waals surface area contributed by atoms with Gasteiger partial charge in [0.1, 0.15) is 6.10 Å². The van der Waals surface area contributed by atoms with Gasteiger partial charge >= 0.3 is 5.97 Å². The molecule has 0 aromatic carbocycles. The van der Waals surface area contributed by atoms with Gasteiger partial charge in [0.2, 0.25) is 0 Å². The van der Waals surface area contributed by atoms with Crippen LogP contribution in [0.25, 0.3) is 0 Å². The summed E-state index contributed by atoms with van der Waals surface area (Å²) in [6, 6.07) is 0. The normalized spacial score (nSPS) is 43.1. The van der Waals surface area contributed by atoms with Crippen molar-refractivity contribution in [2.45, 2.75) is 78.3 Å². The van der Waals surface area contributed by atoms with Gasteiger partial charge in [-0.15, -0.1) is 0 Å². The Kier molecular flexibility index (Phi) is 5.14. The van der Waals surface area contributed by atoms with Gasteiger partial charge in [-0.05, 0) is 41.9 Å². The van der Waals surface area contributed by atoms with Gasteiger partial charge in [0, 0.05) is 30.6 Å². The molecule has 0 spiro atoms. The number of hydrogen-bond donors (Lipinski definition) is 3. The van der Waals surface area contributed by atoms with Crippen LogP contribution in [0.1, 0.15) is 53.9 Å². The van der Waals surface area contributed by atoms with Crippen molar-refractivity contribution in [1.29, 1.82) is 0 Å². The molecule has 3 N–H and O–H groups in total. The van der Waals surface area contributed by atoms with Crippen molar-refractivity contribution in [2.75, 3.05) is 0 Å². The number of carbonyl (C=O) groups excluding carboxylic acids is 2. The fourth-order valence-corrected chi connectivity index (χ4v) is 5.97. The molecule has 6 heteroatoms. The molecule has 7 atom stereocenters. The van der Waals surface area contributed by atoms with Crippen LogP contribution < -0.4 is 0 Å². The second-order valence-electron chi connectivity index (χ2n) is 9.57. The molecule has 2 fully saturated rings. The number of allylic oxidation sites excluding steroid dienone is 1. The summed E-state index contributed by atoms with van der Waals surface area (Å²) < 4.78 is 5.62. The molecule has 0 saturated heterocycles. The maximum atomic E-state index is 12.8. The number of aliphatic hydroxyl groups is 3. The lowest BCUT2D eigenvalue weighted by molar-refractivity contribution is -0.177. The van der Waals surface area contributed by atoms with Crippen LogP contribution in [0.5, 0.6) is 0 Å². The highest BCUT2D eigenvalue weighted by molar-refractivity contribution is 5.97. The predicted molar refractivity (Wildman–Crippen MR) is 103 cm³/mol. The average Bonchev–Trinajstić information content (AvgIpc) is 2.59. The molecule has 3 rings (SSSR count). The highest BCUT2D eigenvalue weighted by Crippen LogP contribution is 2.58. The number of ether oxygens (including phenoxy) is 1. The van der Waals surface area contributed by atoms with E-state index in [1.54, 1.807) is 6.92 Å². The van der Waals surface area contributed by atoms with E-state index in [1.807, 2.05) is 20.8 Å². The lowest BCUT2D eigenvalue weighted by atomic mass is 9.49. The summed E-state index contributed by atoms with van der Waals surface area (Å²) in [6.45, 7) is 12.7. The third-order valence-corrected chi connectivity index (χ3v) is 7.64. The number of Topliss-reactive ketones (excluding diaryl/α,β-unsaturated/α-hetero) is 1. The van der Waals surface area contributed by atoms with E-state index < -0.39 is 53.1 Å². The van der Waals surface area contributed by atoms with Crippen molar-refractivity contribution >= 4 is 11.8 Å². The second kappa shape index (κ2) is 6.78. The van der Waals surface area contributed by atoms with E-state index in [-0.39, 0.29) is 12.2 Å². The zero-order valence-corrected chi connectivity index (χ0v) is 17.4. The molecule has 0 unspecified atom stereocenters. The van der Waals surface area contributed by atoms with Crippen molar-refractivity contribution in [3.63, 3.8) is 0 Å². The number of carbonyl (C=O) groups is 2. The fraction of sp³-hybridized carbons (Fsp3) is 0.727. The number of esters is 1. The first-order valence-electron chi connectivity index (χ1n) is 9.98. The van der Waals surface area contributed by atoms with Crippen LogP contribution in [-0.2, 0) is 14.3 Å². The minimum absolute atomic E-state index is 0.117. The van der Waals surface area contributed by atoms with Gasteiger partial charge in [-0.25, -0.2) is 0 Å². The molecule has 2 bridgehead atoms. The maximum Gasteiger partial charge on any atom is 0.303 e. The van der Waals surface area contributed by atoms with E-state index in [2.05, 4.69) is 6.58 Å². The Balaban J connectivity index is 2.28. The molecule has 156 valence electrons. The Morgan fingerprint density at radius 3 is 2.39 bits per heavy atom. The molecular formula is C22H32O6. The predicted octanol–water partition coefficient (Wildman–Crippen LogP) is 1.92. The van der Waals surface area contributed by atoms with Gasteiger partial charge in [-0.1, -0.05) is 27.4 Å². The molecule has 2 saturated carbocycles. The Hall–Kier alpha value is -1.50. The number of rotatable bonds is 1.